The summed E-state index contributed by atoms with van der Waals surface area (Å²) in [5, 5.41) is 0. The first-order valence-electron chi connectivity index (χ1n) is 4.99. The molecule has 1 amide bonds. The van der Waals surface area contributed by atoms with E-state index in [1.165, 1.54) is 6.07 Å². The van der Waals surface area contributed by atoms with Gasteiger partial charge in [-0.1, -0.05) is 6.07 Å². The van der Waals surface area contributed by atoms with Gasteiger partial charge in [-0.25, -0.2) is 8.78 Å². The van der Waals surface area contributed by atoms with E-state index >= 15 is 0 Å². The topological polar surface area (TPSA) is 69.1 Å². The summed E-state index contributed by atoms with van der Waals surface area (Å²) < 4.78 is 25.9. The molecule has 0 fully saturated rings. The van der Waals surface area contributed by atoms with Crippen LogP contribution < -0.4 is 11.5 Å². The molecule has 4 N–H and O–H groups in total. The van der Waals surface area contributed by atoms with Gasteiger partial charge in [0.05, 0.1) is 0 Å². The van der Waals surface area contributed by atoms with Crippen molar-refractivity contribution in [1.82, 2.24) is 0 Å². The minimum atomic E-state index is -0.661. The second-order valence-electron chi connectivity index (χ2n) is 3.63. The average molecular weight is 228 g/mol. The fourth-order valence-corrected chi connectivity index (χ4v) is 1.45. The van der Waals surface area contributed by atoms with Crippen LogP contribution in [0.25, 0.3) is 0 Å². The van der Waals surface area contributed by atoms with Gasteiger partial charge >= 0.3 is 0 Å². The fraction of sp³-hybridized carbons (Fsp3) is 0.364. The lowest BCUT2D eigenvalue weighted by molar-refractivity contribution is -0.118. The van der Waals surface area contributed by atoms with Crippen LogP contribution in [0.15, 0.2) is 18.2 Å². The molecule has 0 bridgehead atoms. The van der Waals surface area contributed by atoms with Gasteiger partial charge in [0.2, 0.25) is 5.91 Å². The molecule has 0 radical (unpaired) electrons. The third-order valence-corrected chi connectivity index (χ3v) is 2.30. The van der Waals surface area contributed by atoms with Crippen LogP contribution in [-0.4, -0.2) is 5.91 Å². The van der Waals surface area contributed by atoms with Crippen molar-refractivity contribution in [3.8, 4) is 0 Å². The minimum Gasteiger partial charge on any atom is -0.370 e. The van der Waals surface area contributed by atoms with Crippen molar-refractivity contribution in [3.05, 3.63) is 35.4 Å². The second-order valence-corrected chi connectivity index (χ2v) is 3.63. The number of hydrogen-bond donors (Lipinski definition) is 2. The molecule has 1 aromatic rings. The minimum absolute atomic E-state index is 0.219. The third kappa shape index (κ3) is 3.58. The number of carbonyl (C=O) groups is 1. The van der Waals surface area contributed by atoms with E-state index < -0.39 is 23.6 Å². The van der Waals surface area contributed by atoms with Crippen LogP contribution in [0.2, 0.25) is 0 Å². The maximum atomic E-state index is 13.3. The van der Waals surface area contributed by atoms with Crippen LogP contribution in [0.5, 0.6) is 0 Å². The average Bonchev–Trinajstić information content (AvgIpc) is 2.16. The van der Waals surface area contributed by atoms with E-state index in [4.69, 9.17) is 11.5 Å². The Kier molecular flexibility index (Phi) is 4.37. The Labute approximate surface area is 92.4 Å². The number of rotatable bonds is 5. The molecule has 1 unspecified atom stereocenters. The maximum absolute atomic E-state index is 13.3. The number of benzene rings is 1. The highest BCUT2D eigenvalue weighted by Crippen LogP contribution is 2.20. The van der Waals surface area contributed by atoms with Gasteiger partial charge in [-0.05, 0) is 18.9 Å². The zero-order valence-corrected chi connectivity index (χ0v) is 8.75. The Morgan fingerprint density at radius 3 is 2.62 bits per heavy atom. The van der Waals surface area contributed by atoms with Crippen molar-refractivity contribution in [2.24, 2.45) is 11.5 Å². The highest BCUT2D eigenvalue weighted by atomic mass is 19.1. The van der Waals surface area contributed by atoms with Crippen molar-refractivity contribution in [2.75, 3.05) is 0 Å². The monoisotopic (exact) mass is 228 g/mol. The SMILES string of the molecule is NC(=O)CCCC(N)c1ccc(F)cc1F. The van der Waals surface area contributed by atoms with E-state index in [-0.39, 0.29) is 12.0 Å². The number of carbonyl (C=O) groups excluding carboxylic acids is 1. The number of nitrogens with two attached hydrogens (primary N) is 2. The number of amides is 1. The predicted molar refractivity (Wildman–Crippen MR) is 56.3 cm³/mol. The highest BCUT2D eigenvalue weighted by molar-refractivity contribution is 5.73. The van der Waals surface area contributed by atoms with E-state index in [9.17, 15) is 13.6 Å². The number of primary amides is 1. The van der Waals surface area contributed by atoms with Gasteiger partial charge in [0.1, 0.15) is 11.6 Å². The summed E-state index contributed by atoms with van der Waals surface area (Å²) in [6.07, 6.45) is 1.15. The molecule has 16 heavy (non-hydrogen) atoms. The molecule has 0 heterocycles. The van der Waals surface area contributed by atoms with Crippen molar-refractivity contribution >= 4 is 5.91 Å². The van der Waals surface area contributed by atoms with E-state index in [0.29, 0.717) is 12.8 Å². The van der Waals surface area contributed by atoms with Crippen LogP contribution in [0, 0.1) is 11.6 Å². The maximum Gasteiger partial charge on any atom is 0.217 e. The van der Waals surface area contributed by atoms with Crippen LogP contribution in [-0.2, 0) is 4.79 Å². The zero-order valence-electron chi connectivity index (χ0n) is 8.75. The van der Waals surface area contributed by atoms with E-state index in [2.05, 4.69) is 0 Å². The Morgan fingerprint density at radius 1 is 1.38 bits per heavy atom. The molecule has 88 valence electrons. The summed E-state index contributed by atoms with van der Waals surface area (Å²) >= 11 is 0. The van der Waals surface area contributed by atoms with E-state index in [0.717, 1.165) is 12.1 Å². The Balaban J connectivity index is 2.58. The standard InChI is InChI=1S/C11H14F2N2O/c12-7-4-5-8(9(13)6-7)10(14)2-1-3-11(15)16/h4-6,10H,1-3,14H2,(H2,15,16). The van der Waals surface area contributed by atoms with Crippen molar-refractivity contribution in [3.63, 3.8) is 0 Å². The zero-order chi connectivity index (χ0) is 12.1. The van der Waals surface area contributed by atoms with Gasteiger partial charge in [-0.2, -0.15) is 0 Å². The van der Waals surface area contributed by atoms with Crippen molar-refractivity contribution < 1.29 is 13.6 Å². The molecule has 0 aliphatic carbocycles. The van der Waals surface area contributed by atoms with Gasteiger partial charge < -0.3 is 11.5 Å². The first kappa shape index (κ1) is 12.6. The molecular weight excluding hydrogens is 214 g/mol. The van der Waals surface area contributed by atoms with Crippen LogP contribution >= 0.6 is 0 Å². The molecule has 3 nitrogen and oxygen atoms in total. The first-order chi connectivity index (χ1) is 7.50. The van der Waals surface area contributed by atoms with Crippen LogP contribution in [0.4, 0.5) is 8.78 Å². The summed E-state index contributed by atoms with van der Waals surface area (Å²) in [6.45, 7) is 0. The van der Waals surface area contributed by atoms with Gasteiger partial charge in [-0.3, -0.25) is 4.79 Å². The number of hydrogen-bond acceptors (Lipinski definition) is 2. The molecule has 1 aromatic carbocycles. The van der Waals surface area contributed by atoms with Crippen molar-refractivity contribution in [1.29, 1.82) is 0 Å². The normalized spacial score (nSPS) is 12.4. The molecule has 0 saturated heterocycles. The quantitative estimate of drug-likeness (QED) is 0.804. The van der Waals surface area contributed by atoms with Gasteiger partial charge in [0.25, 0.3) is 0 Å². The molecule has 5 heteroatoms. The molecule has 1 rings (SSSR count). The third-order valence-electron chi connectivity index (χ3n) is 2.30. The van der Waals surface area contributed by atoms with Crippen LogP contribution in [0.1, 0.15) is 30.9 Å². The molecule has 0 saturated carbocycles. The largest absolute Gasteiger partial charge is 0.370 e. The van der Waals surface area contributed by atoms with Crippen LogP contribution in [0.3, 0.4) is 0 Å². The van der Waals surface area contributed by atoms with Crippen molar-refractivity contribution in [2.45, 2.75) is 25.3 Å². The van der Waals surface area contributed by atoms with E-state index in [1.807, 2.05) is 0 Å². The lowest BCUT2D eigenvalue weighted by Gasteiger charge is -2.12. The predicted octanol–water partition coefficient (Wildman–Crippen LogP) is 1.62. The first-order valence-corrected chi connectivity index (χ1v) is 4.99. The Hall–Kier alpha value is -1.49. The summed E-state index contributed by atoms with van der Waals surface area (Å²) in [4.78, 5) is 10.5. The summed E-state index contributed by atoms with van der Waals surface area (Å²) in [5.41, 5.74) is 10.9. The lowest BCUT2D eigenvalue weighted by atomic mass is 10.0. The molecule has 0 aromatic heterocycles. The van der Waals surface area contributed by atoms with Gasteiger partial charge in [0.15, 0.2) is 0 Å². The van der Waals surface area contributed by atoms with E-state index in [1.54, 1.807) is 0 Å². The fourth-order valence-electron chi connectivity index (χ4n) is 1.45. The highest BCUT2D eigenvalue weighted by Gasteiger charge is 2.12. The second kappa shape index (κ2) is 5.55. The Bertz CT molecular complexity index is 382. The Morgan fingerprint density at radius 2 is 2.06 bits per heavy atom. The number of halogens is 2. The molecule has 0 aliphatic heterocycles. The molecule has 0 aliphatic rings. The summed E-state index contributed by atoms with van der Waals surface area (Å²) in [5.74, 6) is -1.70. The van der Waals surface area contributed by atoms with Gasteiger partial charge in [0, 0.05) is 24.1 Å². The summed E-state index contributed by atoms with van der Waals surface area (Å²) in [6, 6.07) is 2.73. The molecule has 0 spiro atoms. The lowest BCUT2D eigenvalue weighted by Crippen LogP contribution is -2.15. The smallest absolute Gasteiger partial charge is 0.217 e. The van der Waals surface area contributed by atoms with Gasteiger partial charge in [-0.15, -0.1) is 0 Å². The summed E-state index contributed by atoms with van der Waals surface area (Å²) in [7, 11) is 0. The molecule has 1 atom stereocenters. The molecular formula is C11H14F2N2O.